The summed E-state index contributed by atoms with van der Waals surface area (Å²) in [6, 6.07) is 4.55. The highest BCUT2D eigenvalue weighted by molar-refractivity contribution is 7.11. The van der Waals surface area contributed by atoms with Gasteiger partial charge in [-0.25, -0.2) is 0 Å². The molecule has 1 fully saturated rings. The summed E-state index contributed by atoms with van der Waals surface area (Å²) in [4.78, 5) is 5.45. The van der Waals surface area contributed by atoms with Crippen LogP contribution in [0.2, 0.25) is 0 Å². The summed E-state index contributed by atoms with van der Waals surface area (Å²) in [6.07, 6.45) is 3.61. The van der Waals surface area contributed by atoms with Crippen molar-refractivity contribution in [1.29, 1.82) is 0 Å². The van der Waals surface area contributed by atoms with E-state index < -0.39 is 0 Å². The molecule has 1 aliphatic heterocycles. The first-order valence-corrected chi connectivity index (χ1v) is 8.52. The molecule has 4 heteroatoms. The van der Waals surface area contributed by atoms with Crippen LogP contribution in [0.5, 0.6) is 0 Å². The van der Waals surface area contributed by atoms with Crippen molar-refractivity contribution in [2.24, 2.45) is 0 Å². The zero-order valence-electron chi connectivity index (χ0n) is 13.1. The Bertz CT molecular complexity index is 407. The molecule has 0 aromatic carbocycles. The molecule has 3 nitrogen and oxygen atoms in total. The van der Waals surface area contributed by atoms with E-state index in [1.54, 1.807) is 0 Å². The van der Waals surface area contributed by atoms with Gasteiger partial charge in [-0.15, -0.1) is 11.3 Å². The summed E-state index contributed by atoms with van der Waals surface area (Å²) in [6.45, 7) is 9.85. The number of thiophene rings is 1. The SMILES string of the molecule is CCCNCc1ccc(CN2CCCC(C)(OC)C2)s1. The van der Waals surface area contributed by atoms with Crippen molar-refractivity contribution >= 4 is 11.3 Å². The lowest BCUT2D eigenvalue weighted by Gasteiger charge is -2.39. The fourth-order valence-corrected chi connectivity index (χ4v) is 3.85. The summed E-state index contributed by atoms with van der Waals surface area (Å²) >= 11 is 1.94. The summed E-state index contributed by atoms with van der Waals surface area (Å²) in [5.74, 6) is 0. The minimum atomic E-state index is 0.0427. The molecule has 0 aliphatic carbocycles. The second-order valence-corrected chi connectivity index (χ2v) is 7.27. The standard InChI is InChI=1S/C16H28N2OS/c1-4-9-17-11-14-6-7-15(20-14)12-18-10-5-8-16(2,13-18)19-3/h6-7,17H,4-5,8-13H2,1-3H3. The molecule has 114 valence electrons. The van der Waals surface area contributed by atoms with E-state index in [4.69, 9.17) is 4.74 Å². The number of methoxy groups -OCH3 is 1. The lowest BCUT2D eigenvalue weighted by atomic mass is 9.95. The van der Waals surface area contributed by atoms with E-state index in [9.17, 15) is 0 Å². The molecule has 1 aromatic heterocycles. The maximum absolute atomic E-state index is 5.67. The second-order valence-electron chi connectivity index (χ2n) is 6.01. The van der Waals surface area contributed by atoms with Crippen molar-refractivity contribution in [3.63, 3.8) is 0 Å². The van der Waals surface area contributed by atoms with Gasteiger partial charge in [0.25, 0.3) is 0 Å². The van der Waals surface area contributed by atoms with Crippen LogP contribution in [0, 0.1) is 0 Å². The quantitative estimate of drug-likeness (QED) is 0.782. The molecule has 1 aliphatic rings. The monoisotopic (exact) mass is 296 g/mol. The maximum atomic E-state index is 5.67. The number of piperidine rings is 1. The van der Waals surface area contributed by atoms with Gasteiger partial charge >= 0.3 is 0 Å². The van der Waals surface area contributed by atoms with Crippen LogP contribution in [0.1, 0.15) is 42.9 Å². The number of hydrogen-bond acceptors (Lipinski definition) is 4. The zero-order chi connectivity index (χ0) is 14.4. The normalized spacial score (nSPS) is 24.1. The van der Waals surface area contributed by atoms with Crippen molar-refractivity contribution in [3.05, 3.63) is 21.9 Å². The van der Waals surface area contributed by atoms with Gasteiger partial charge in [-0.3, -0.25) is 4.90 Å². The molecular weight excluding hydrogens is 268 g/mol. The average molecular weight is 296 g/mol. The molecule has 2 rings (SSSR count). The molecule has 2 heterocycles. The third-order valence-electron chi connectivity index (χ3n) is 4.05. The number of rotatable bonds is 7. The van der Waals surface area contributed by atoms with Crippen molar-refractivity contribution < 1.29 is 4.74 Å². The molecule has 1 unspecified atom stereocenters. The van der Waals surface area contributed by atoms with Gasteiger partial charge in [0.1, 0.15) is 0 Å². The minimum Gasteiger partial charge on any atom is -0.377 e. The first kappa shape index (κ1) is 16.0. The van der Waals surface area contributed by atoms with Gasteiger partial charge in [-0.2, -0.15) is 0 Å². The summed E-state index contributed by atoms with van der Waals surface area (Å²) in [5, 5.41) is 3.47. The Hall–Kier alpha value is -0.420. The molecule has 0 saturated carbocycles. The Balaban J connectivity index is 1.84. The van der Waals surface area contributed by atoms with Crippen molar-refractivity contribution in [3.8, 4) is 0 Å². The van der Waals surface area contributed by atoms with E-state index >= 15 is 0 Å². The average Bonchev–Trinajstić information content (AvgIpc) is 2.87. The Morgan fingerprint density at radius 1 is 1.40 bits per heavy atom. The first-order valence-electron chi connectivity index (χ1n) is 7.71. The van der Waals surface area contributed by atoms with Crippen LogP contribution in [0.15, 0.2) is 12.1 Å². The second kappa shape index (κ2) is 7.55. The van der Waals surface area contributed by atoms with E-state index in [0.717, 1.165) is 26.2 Å². The first-order chi connectivity index (χ1) is 9.65. The number of hydrogen-bond donors (Lipinski definition) is 1. The van der Waals surface area contributed by atoms with Crippen LogP contribution < -0.4 is 5.32 Å². The maximum Gasteiger partial charge on any atom is 0.0777 e. The highest BCUT2D eigenvalue weighted by atomic mass is 32.1. The number of nitrogens with one attached hydrogen (secondary N) is 1. The van der Waals surface area contributed by atoms with E-state index in [2.05, 4.69) is 36.2 Å². The molecule has 0 amide bonds. The molecule has 0 bridgehead atoms. The van der Waals surface area contributed by atoms with Gasteiger partial charge in [-0.05, 0) is 51.4 Å². The lowest BCUT2D eigenvalue weighted by molar-refractivity contribution is -0.0524. The minimum absolute atomic E-state index is 0.0427. The van der Waals surface area contributed by atoms with Gasteiger partial charge in [0.15, 0.2) is 0 Å². The highest BCUT2D eigenvalue weighted by Gasteiger charge is 2.30. The molecule has 20 heavy (non-hydrogen) atoms. The highest BCUT2D eigenvalue weighted by Crippen LogP contribution is 2.26. The van der Waals surface area contributed by atoms with Gasteiger partial charge in [0, 0.05) is 36.5 Å². The number of nitrogens with zero attached hydrogens (tertiary/aromatic N) is 1. The van der Waals surface area contributed by atoms with Crippen molar-refractivity contribution in [1.82, 2.24) is 10.2 Å². The zero-order valence-corrected chi connectivity index (χ0v) is 13.9. The topological polar surface area (TPSA) is 24.5 Å². The van der Waals surface area contributed by atoms with Gasteiger partial charge in [0.2, 0.25) is 0 Å². The Kier molecular flexibility index (Phi) is 6.02. The summed E-state index contributed by atoms with van der Waals surface area (Å²) < 4.78 is 5.67. The predicted octanol–water partition coefficient (Wildman–Crippen LogP) is 3.25. The van der Waals surface area contributed by atoms with Crippen LogP contribution in [0.25, 0.3) is 0 Å². The van der Waals surface area contributed by atoms with E-state index in [1.807, 2.05) is 18.4 Å². The molecule has 1 atom stereocenters. The number of ether oxygens (including phenoxy) is 1. The number of likely N-dealkylation sites (tertiary alicyclic amines) is 1. The smallest absolute Gasteiger partial charge is 0.0777 e. The lowest BCUT2D eigenvalue weighted by Crippen LogP contribution is -2.46. The molecule has 1 N–H and O–H groups in total. The summed E-state index contributed by atoms with van der Waals surface area (Å²) in [5.41, 5.74) is 0.0427. The van der Waals surface area contributed by atoms with Gasteiger partial charge < -0.3 is 10.1 Å². The van der Waals surface area contributed by atoms with Gasteiger partial charge in [0.05, 0.1) is 5.60 Å². The molecule has 1 saturated heterocycles. The van der Waals surface area contributed by atoms with Crippen LogP contribution in [0.3, 0.4) is 0 Å². The van der Waals surface area contributed by atoms with Crippen molar-refractivity contribution in [2.45, 2.75) is 51.8 Å². The van der Waals surface area contributed by atoms with Crippen molar-refractivity contribution in [2.75, 3.05) is 26.7 Å². The fraction of sp³-hybridized carbons (Fsp3) is 0.750. The Morgan fingerprint density at radius 2 is 2.20 bits per heavy atom. The third kappa shape index (κ3) is 4.55. The Morgan fingerprint density at radius 3 is 2.95 bits per heavy atom. The fourth-order valence-electron chi connectivity index (χ4n) is 2.82. The molecule has 0 radical (unpaired) electrons. The van der Waals surface area contributed by atoms with Crippen LogP contribution >= 0.6 is 11.3 Å². The van der Waals surface area contributed by atoms with Crippen LogP contribution in [-0.4, -0.2) is 37.2 Å². The molecular formula is C16H28N2OS. The summed E-state index contributed by atoms with van der Waals surface area (Å²) in [7, 11) is 1.84. The molecule has 1 aromatic rings. The van der Waals surface area contributed by atoms with E-state index in [1.165, 1.54) is 35.6 Å². The van der Waals surface area contributed by atoms with E-state index in [-0.39, 0.29) is 5.60 Å². The Labute approximate surface area is 127 Å². The van der Waals surface area contributed by atoms with Crippen LogP contribution in [-0.2, 0) is 17.8 Å². The predicted molar refractivity (Wildman–Crippen MR) is 86.2 cm³/mol. The largest absolute Gasteiger partial charge is 0.377 e. The van der Waals surface area contributed by atoms with Gasteiger partial charge in [-0.1, -0.05) is 6.92 Å². The van der Waals surface area contributed by atoms with E-state index in [0.29, 0.717) is 0 Å². The third-order valence-corrected chi connectivity index (χ3v) is 5.12. The van der Waals surface area contributed by atoms with Crippen LogP contribution in [0.4, 0.5) is 0 Å². The molecule has 0 spiro atoms.